The minimum atomic E-state index is 0.168. The number of ether oxygens (including phenoxy) is 2. The molecule has 0 radical (unpaired) electrons. The molecule has 0 N–H and O–H groups in total. The van der Waals surface area contributed by atoms with Gasteiger partial charge < -0.3 is 9.47 Å². The largest absolute Gasteiger partial charge is 0.478 e. The molecule has 2 aliphatic carbocycles. The van der Waals surface area contributed by atoms with Crippen LogP contribution in [-0.4, -0.2) is 30.0 Å². The van der Waals surface area contributed by atoms with Crippen molar-refractivity contribution in [3.63, 3.8) is 0 Å². The molecule has 0 aromatic heterocycles. The highest BCUT2D eigenvalue weighted by atomic mass is 16.6. The summed E-state index contributed by atoms with van der Waals surface area (Å²) in [4.78, 5) is 2.40. The first-order valence-electron chi connectivity index (χ1n) is 6.54. The third kappa shape index (κ3) is 1.42. The van der Waals surface area contributed by atoms with Crippen molar-refractivity contribution in [2.45, 2.75) is 44.1 Å². The highest BCUT2D eigenvalue weighted by Crippen LogP contribution is 2.40. The van der Waals surface area contributed by atoms with Gasteiger partial charge in [0, 0.05) is 11.6 Å². The molecule has 0 saturated carbocycles. The van der Waals surface area contributed by atoms with Crippen molar-refractivity contribution in [3.05, 3.63) is 35.6 Å². The van der Waals surface area contributed by atoms with Gasteiger partial charge in [0.05, 0.1) is 6.10 Å². The summed E-state index contributed by atoms with van der Waals surface area (Å²) in [5, 5.41) is 0. The van der Waals surface area contributed by atoms with Crippen LogP contribution in [-0.2, 0) is 9.47 Å². The van der Waals surface area contributed by atoms with Crippen molar-refractivity contribution in [1.82, 2.24) is 4.90 Å². The van der Waals surface area contributed by atoms with Crippen molar-refractivity contribution < 1.29 is 9.47 Å². The van der Waals surface area contributed by atoms with E-state index in [9.17, 15) is 0 Å². The second-order valence-electron chi connectivity index (χ2n) is 5.14. The molecule has 4 aliphatic rings. The highest BCUT2D eigenvalue weighted by Gasteiger charge is 2.46. The summed E-state index contributed by atoms with van der Waals surface area (Å²) in [5.41, 5.74) is 1.35. The van der Waals surface area contributed by atoms with E-state index in [4.69, 9.17) is 9.47 Å². The molecule has 0 bridgehead atoms. The van der Waals surface area contributed by atoms with E-state index >= 15 is 0 Å². The normalized spacial score (nSPS) is 39.6. The van der Waals surface area contributed by atoms with Gasteiger partial charge >= 0.3 is 0 Å². The average Bonchev–Trinajstić information content (AvgIpc) is 2.78. The average molecular weight is 231 g/mol. The molecule has 0 aromatic carbocycles. The number of hydrogen-bond donors (Lipinski definition) is 0. The van der Waals surface area contributed by atoms with E-state index in [1.54, 1.807) is 0 Å². The van der Waals surface area contributed by atoms with Crippen LogP contribution in [0, 0.1) is 0 Å². The van der Waals surface area contributed by atoms with Crippen LogP contribution in [0.1, 0.15) is 25.7 Å². The Labute approximate surface area is 101 Å². The molecular weight excluding hydrogens is 214 g/mol. The fourth-order valence-electron chi connectivity index (χ4n) is 3.32. The predicted molar refractivity (Wildman–Crippen MR) is 64.0 cm³/mol. The number of fused-ring (bicyclic) bond motifs is 4. The molecule has 3 unspecified atom stereocenters. The quantitative estimate of drug-likeness (QED) is 0.597. The molecule has 17 heavy (non-hydrogen) atoms. The Morgan fingerprint density at radius 1 is 1.24 bits per heavy atom. The first-order valence-corrected chi connectivity index (χ1v) is 6.54. The van der Waals surface area contributed by atoms with Crippen LogP contribution in [0.4, 0.5) is 0 Å². The standard InChI is InChI=1S/C14H17NO2/c1-3-7-12-10(5-1)14-15(9-16-12)11-6-2-4-8-13(11)17-14/h3-4,7-8,11,13-14H,1-2,5-6,9H2. The number of rotatable bonds is 0. The van der Waals surface area contributed by atoms with Crippen LogP contribution in [0.15, 0.2) is 35.6 Å². The first-order chi connectivity index (χ1) is 8.43. The van der Waals surface area contributed by atoms with Crippen LogP contribution in [0.3, 0.4) is 0 Å². The Balaban J connectivity index is 1.69. The Bertz CT molecular complexity index is 424. The van der Waals surface area contributed by atoms with Gasteiger partial charge in [-0.25, -0.2) is 4.90 Å². The van der Waals surface area contributed by atoms with Crippen molar-refractivity contribution in [2.75, 3.05) is 6.73 Å². The molecule has 90 valence electrons. The van der Waals surface area contributed by atoms with Gasteiger partial charge in [-0.15, -0.1) is 0 Å². The lowest BCUT2D eigenvalue weighted by Gasteiger charge is -2.35. The zero-order valence-corrected chi connectivity index (χ0v) is 9.84. The van der Waals surface area contributed by atoms with Crippen molar-refractivity contribution in [3.8, 4) is 0 Å². The summed E-state index contributed by atoms with van der Waals surface area (Å²) in [6.07, 6.45) is 13.8. The summed E-state index contributed by atoms with van der Waals surface area (Å²) in [5.74, 6) is 1.06. The monoisotopic (exact) mass is 231 g/mol. The molecular formula is C14H17NO2. The van der Waals surface area contributed by atoms with Crippen molar-refractivity contribution >= 4 is 0 Å². The predicted octanol–water partition coefficient (Wildman–Crippen LogP) is 2.32. The summed E-state index contributed by atoms with van der Waals surface area (Å²) >= 11 is 0. The molecule has 3 nitrogen and oxygen atoms in total. The summed E-state index contributed by atoms with van der Waals surface area (Å²) in [7, 11) is 0. The first kappa shape index (κ1) is 9.92. The molecule has 1 saturated heterocycles. The molecule has 2 aliphatic heterocycles. The molecule has 4 rings (SSSR count). The van der Waals surface area contributed by atoms with Gasteiger partial charge in [0.1, 0.15) is 18.7 Å². The van der Waals surface area contributed by atoms with E-state index in [-0.39, 0.29) is 12.3 Å². The zero-order valence-electron chi connectivity index (χ0n) is 9.84. The van der Waals surface area contributed by atoms with E-state index in [1.807, 2.05) is 0 Å². The molecule has 0 amide bonds. The van der Waals surface area contributed by atoms with Crippen LogP contribution in [0.5, 0.6) is 0 Å². The van der Waals surface area contributed by atoms with E-state index in [0.717, 1.165) is 18.6 Å². The van der Waals surface area contributed by atoms with Gasteiger partial charge in [0.25, 0.3) is 0 Å². The van der Waals surface area contributed by atoms with Crippen molar-refractivity contribution in [1.29, 1.82) is 0 Å². The molecule has 1 fully saturated rings. The van der Waals surface area contributed by atoms with Crippen LogP contribution in [0.25, 0.3) is 0 Å². The summed E-state index contributed by atoms with van der Waals surface area (Å²) in [6.45, 7) is 0.683. The van der Waals surface area contributed by atoms with Crippen LogP contribution < -0.4 is 0 Å². The molecule has 3 atom stereocenters. The maximum Gasteiger partial charge on any atom is 0.144 e. The summed E-state index contributed by atoms with van der Waals surface area (Å²) < 4.78 is 12.1. The van der Waals surface area contributed by atoms with Gasteiger partial charge in [-0.1, -0.05) is 18.2 Å². The SMILES string of the molecule is C1=CC2=C(CC1)C1OC3C=CCCC3N1CO2. The smallest absolute Gasteiger partial charge is 0.144 e. The minimum Gasteiger partial charge on any atom is -0.478 e. The van der Waals surface area contributed by atoms with Gasteiger partial charge in [0.15, 0.2) is 0 Å². The Morgan fingerprint density at radius 3 is 3.24 bits per heavy atom. The number of allylic oxidation sites excluding steroid dienone is 3. The second kappa shape index (κ2) is 3.72. The van der Waals surface area contributed by atoms with Crippen LogP contribution in [0.2, 0.25) is 0 Å². The molecule has 3 heteroatoms. The highest BCUT2D eigenvalue weighted by molar-refractivity contribution is 5.30. The topological polar surface area (TPSA) is 21.7 Å². The number of hydrogen-bond acceptors (Lipinski definition) is 3. The summed E-state index contributed by atoms with van der Waals surface area (Å²) in [6, 6.07) is 0.518. The van der Waals surface area contributed by atoms with Gasteiger partial charge in [-0.3, -0.25) is 0 Å². The second-order valence-corrected chi connectivity index (χ2v) is 5.14. The lowest BCUT2D eigenvalue weighted by molar-refractivity contribution is -0.0371. The van der Waals surface area contributed by atoms with E-state index in [2.05, 4.69) is 29.2 Å². The number of nitrogens with zero attached hydrogens (tertiary/aromatic N) is 1. The van der Waals surface area contributed by atoms with Gasteiger partial charge in [-0.2, -0.15) is 0 Å². The van der Waals surface area contributed by atoms with Crippen molar-refractivity contribution in [2.24, 2.45) is 0 Å². The lowest BCUT2D eigenvalue weighted by Crippen LogP contribution is -2.44. The molecule has 0 aromatic rings. The fourth-order valence-corrected chi connectivity index (χ4v) is 3.32. The van der Waals surface area contributed by atoms with Gasteiger partial charge in [0.2, 0.25) is 0 Å². The van der Waals surface area contributed by atoms with E-state index in [0.29, 0.717) is 12.8 Å². The minimum absolute atomic E-state index is 0.168. The Kier molecular flexibility index (Phi) is 2.17. The maximum atomic E-state index is 6.21. The fraction of sp³-hybridized carbons (Fsp3) is 0.571. The maximum absolute atomic E-state index is 6.21. The van der Waals surface area contributed by atoms with Crippen LogP contribution >= 0.6 is 0 Å². The molecule has 0 spiro atoms. The van der Waals surface area contributed by atoms with E-state index < -0.39 is 0 Å². The van der Waals surface area contributed by atoms with E-state index in [1.165, 1.54) is 18.4 Å². The Hall–Kier alpha value is -1.06. The zero-order chi connectivity index (χ0) is 11.2. The third-order valence-corrected chi connectivity index (χ3v) is 4.18. The lowest BCUT2D eigenvalue weighted by atomic mass is 9.97. The molecule has 2 heterocycles. The Morgan fingerprint density at radius 2 is 2.24 bits per heavy atom. The third-order valence-electron chi connectivity index (χ3n) is 4.18. The van der Waals surface area contributed by atoms with Gasteiger partial charge in [-0.05, 0) is 31.8 Å².